The zero-order valence-corrected chi connectivity index (χ0v) is 26.2. The summed E-state index contributed by atoms with van der Waals surface area (Å²) >= 11 is 12.4. The van der Waals surface area contributed by atoms with Crippen molar-refractivity contribution in [2.75, 3.05) is 56.3 Å². The van der Waals surface area contributed by atoms with Gasteiger partial charge in [0.2, 0.25) is 5.95 Å². The number of rotatable bonds is 8. The van der Waals surface area contributed by atoms with Crippen LogP contribution in [0.5, 0.6) is 5.75 Å². The van der Waals surface area contributed by atoms with E-state index in [-0.39, 0.29) is 12.2 Å². The maximum atomic E-state index is 6.37. The van der Waals surface area contributed by atoms with Gasteiger partial charge in [0, 0.05) is 60.4 Å². The molecule has 9 nitrogen and oxygen atoms in total. The molecule has 0 radical (unpaired) electrons. The van der Waals surface area contributed by atoms with Crippen LogP contribution in [0, 0.1) is 0 Å². The number of anilines is 2. The van der Waals surface area contributed by atoms with Gasteiger partial charge in [-0.25, -0.2) is 4.98 Å². The first-order chi connectivity index (χ1) is 20.9. The lowest BCUT2D eigenvalue weighted by Gasteiger charge is -2.36. The number of pyridine rings is 1. The third-order valence-electron chi connectivity index (χ3n) is 7.76. The second-order valence-electron chi connectivity index (χ2n) is 11.0. The molecule has 2 aliphatic rings. The average Bonchev–Trinajstić information content (AvgIpc) is 3.01. The van der Waals surface area contributed by atoms with Crippen LogP contribution in [-0.4, -0.2) is 73.7 Å². The fourth-order valence-electron chi connectivity index (χ4n) is 5.72. The monoisotopic (exact) mass is 622 g/mol. The molecule has 11 heteroatoms. The minimum Gasteiger partial charge on any atom is -0.496 e. The van der Waals surface area contributed by atoms with Gasteiger partial charge < -0.3 is 29.3 Å². The van der Waals surface area contributed by atoms with E-state index >= 15 is 0 Å². The SMILES string of the molecule is COc1ccc(-c2ccc3c(N4CCOCC4)nc(N4C[C@@H](C)O[C@@H](C)C4)nc3n2)cc1CNCc1ccc([35Cl])cc1[35Cl]. The molecule has 43 heavy (non-hydrogen) atoms. The van der Waals surface area contributed by atoms with E-state index in [0.717, 1.165) is 65.5 Å². The summed E-state index contributed by atoms with van der Waals surface area (Å²) in [6.45, 7) is 9.72. The van der Waals surface area contributed by atoms with E-state index in [1.165, 1.54) is 0 Å². The molecule has 2 saturated heterocycles. The number of ether oxygens (including phenoxy) is 3. The van der Waals surface area contributed by atoms with Crippen LogP contribution in [0.15, 0.2) is 48.5 Å². The fourth-order valence-corrected chi connectivity index (χ4v) is 6.19. The summed E-state index contributed by atoms with van der Waals surface area (Å²) in [4.78, 5) is 19.6. The van der Waals surface area contributed by atoms with Crippen molar-refractivity contribution in [3.05, 3.63) is 69.7 Å². The molecule has 2 atom stereocenters. The zero-order chi connectivity index (χ0) is 29.9. The minimum absolute atomic E-state index is 0.0937. The summed E-state index contributed by atoms with van der Waals surface area (Å²) in [6, 6.07) is 15.8. The Kier molecular flexibility index (Phi) is 9.16. The van der Waals surface area contributed by atoms with Gasteiger partial charge in [0.15, 0.2) is 5.65 Å². The summed E-state index contributed by atoms with van der Waals surface area (Å²) in [6.07, 6.45) is 0.187. The highest BCUT2D eigenvalue weighted by Crippen LogP contribution is 2.32. The molecule has 226 valence electrons. The van der Waals surface area contributed by atoms with Gasteiger partial charge in [-0.15, -0.1) is 0 Å². The van der Waals surface area contributed by atoms with Crippen LogP contribution < -0.4 is 19.9 Å². The van der Waals surface area contributed by atoms with Gasteiger partial charge >= 0.3 is 0 Å². The average molecular weight is 623 g/mol. The highest BCUT2D eigenvalue weighted by atomic mass is 35.0. The molecule has 6 rings (SSSR count). The Morgan fingerprint density at radius 2 is 1.65 bits per heavy atom. The van der Waals surface area contributed by atoms with E-state index in [2.05, 4.69) is 41.1 Å². The van der Waals surface area contributed by atoms with E-state index in [1.54, 1.807) is 13.2 Å². The lowest BCUT2D eigenvalue weighted by molar-refractivity contribution is -0.00570. The Labute approximate surface area is 262 Å². The summed E-state index contributed by atoms with van der Waals surface area (Å²) < 4.78 is 17.3. The fraction of sp³-hybridized carbons (Fsp3) is 0.406. The molecule has 1 N–H and O–H groups in total. The second kappa shape index (κ2) is 13.2. The van der Waals surface area contributed by atoms with E-state index in [9.17, 15) is 0 Å². The van der Waals surface area contributed by atoms with E-state index in [0.29, 0.717) is 47.9 Å². The number of methoxy groups -OCH3 is 1. The van der Waals surface area contributed by atoms with Crippen LogP contribution >= 0.6 is 23.2 Å². The Morgan fingerprint density at radius 1 is 0.884 bits per heavy atom. The van der Waals surface area contributed by atoms with Crippen LogP contribution in [0.25, 0.3) is 22.3 Å². The zero-order valence-electron chi connectivity index (χ0n) is 24.6. The lowest BCUT2D eigenvalue weighted by Crippen LogP contribution is -2.46. The molecule has 0 spiro atoms. The van der Waals surface area contributed by atoms with Gasteiger partial charge in [0.05, 0.1) is 43.6 Å². The number of halogens is 2. The highest BCUT2D eigenvalue weighted by molar-refractivity contribution is 6.35. The molecule has 0 unspecified atom stereocenters. The van der Waals surface area contributed by atoms with Crippen molar-refractivity contribution in [2.45, 2.75) is 39.1 Å². The summed E-state index contributed by atoms with van der Waals surface area (Å²) in [7, 11) is 1.68. The van der Waals surface area contributed by atoms with Gasteiger partial charge in [-0.3, -0.25) is 0 Å². The van der Waals surface area contributed by atoms with E-state index < -0.39 is 0 Å². The first kappa shape index (κ1) is 29.8. The van der Waals surface area contributed by atoms with Crippen molar-refractivity contribution in [1.82, 2.24) is 20.3 Å². The van der Waals surface area contributed by atoms with Crippen LogP contribution in [0.1, 0.15) is 25.0 Å². The topological polar surface area (TPSA) is 84.9 Å². The number of hydrogen-bond acceptors (Lipinski definition) is 9. The molecule has 0 saturated carbocycles. The molecule has 4 heterocycles. The first-order valence-corrected chi connectivity index (χ1v) is 15.4. The Morgan fingerprint density at radius 3 is 2.40 bits per heavy atom. The molecule has 2 aromatic heterocycles. The number of morpholine rings is 2. The Balaban J connectivity index is 1.32. The van der Waals surface area contributed by atoms with Crippen molar-refractivity contribution >= 4 is 46.0 Å². The number of benzene rings is 2. The summed E-state index contributed by atoms with van der Waals surface area (Å²) in [5.41, 5.74) is 4.47. The van der Waals surface area contributed by atoms with Crippen molar-refractivity contribution in [3.8, 4) is 17.0 Å². The predicted molar refractivity (Wildman–Crippen MR) is 172 cm³/mol. The maximum Gasteiger partial charge on any atom is 0.229 e. The molecular formula is C32H36Cl2N6O3. The molecular weight excluding hydrogens is 586 g/mol. The van der Waals surface area contributed by atoms with Crippen LogP contribution in [0.3, 0.4) is 0 Å². The van der Waals surface area contributed by atoms with Crippen molar-refractivity contribution < 1.29 is 14.2 Å². The third-order valence-corrected chi connectivity index (χ3v) is 8.35. The second-order valence-corrected chi connectivity index (χ2v) is 11.9. The molecule has 2 aromatic carbocycles. The first-order valence-electron chi connectivity index (χ1n) is 14.6. The standard InChI is InChI=1S/C32H36Cl2N6O3/c1-20-18-40(19-21(2)43-20)32-37-30-26(31(38-32)39-10-12-42-13-11-39)7-8-28(36-30)22-5-9-29(41-3)24(14-22)17-35-16-23-4-6-25(33)15-27(23)34/h4-9,14-15,20-21,35H,10-13,16-19H2,1-3H3/t20-,21+/i33+0,34+0. The number of nitrogens with zero attached hydrogens (tertiary/aromatic N) is 5. The minimum atomic E-state index is 0.0937. The Hall–Kier alpha value is -3.21. The van der Waals surface area contributed by atoms with Gasteiger partial charge in [0.1, 0.15) is 11.6 Å². The molecule has 0 bridgehead atoms. The van der Waals surface area contributed by atoms with Gasteiger partial charge in [-0.2, -0.15) is 9.97 Å². The van der Waals surface area contributed by atoms with Crippen molar-refractivity contribution in [2.24, 2.45) is 0 Å². The largest absolute Gasteiger partial charge is 0.496 e. The number of fused-ring (bicyclic) bond motifs is 1. The number of aromatic nitrogens is 3. The number of nitrogens with one attached hydrogen (secondary N) is 1. The van der Waals surface area contributed by atoms with Crippen LogP contribution in [0.2, 0.25) is 10.0 Å². The maximum absolute atomic E-state index is 6.37. The summed E-state index contributed by atoms with van der Waals surface area (Å²) in [5.74, 6) is 2.38. The smallest absolute Gasteiger partial charge is 0.229 e. The van der Waals surface area contributed by atoms with Crippen LogP contribution in [-0.2, 0) is 22.6 Å². The van der Waals surface area contributed by atoms with Gasteiger partial charge in [0.25, 0.3) is 0 Å². The van der Waals surface area contributed by atoms with Crippen molar-refractivity contribution in [3.63, 3.8) is 0 Å². The van der Waals surface area contributed by atoms with E-state index in [4.69, 9.17) is 52.4 Å². The van der Waals surface area contributed by atoms with E-state index in [1.807, 2.05) is 30.3 Å². The summed E-state index contributed by atoms with van der Waals surface area (Å²) in [5, 5.41) is 5.66. The molecule has 2 aliphatic heterocycles. The molecule has 2 fully saturated rings. The molecule has 4 aromatic rings. The molecule has 0 aliphatic carbocycles. The van der Waals surface area contributed by atoms with Gasteiger partial charge in [-0.1, -0.05) is 29.3 Å². The quantitative estimate of drug-likeness (QED) is 0.264. The molecule has 0 amide bonds. The highest BCUT2D eigenvalue weighted by Gasteiger charge is 2.27. The Bertz CT molecular complexity index is 1590. The van der Waals surface area contributed by atoms with Crippen LogP contribution in [0.4, 0.5) is 11.8 Å². The lowest BCUT2D eigenvalue weighted by atomic mass is 10.1. The van der Waals surface area contributed by atoms with Gasteiger partial charge in [-0.05, 0) is 61.9 Å². The van der Waals surface area contributed by atoms with Crippen molar-refractivity contribution in [1.29, 1.82) is 0 Å². The third kappa shape index (κ3) is 6.81. The predicted octanol–water partition coefficient (Wildman–Crippen LogP) is 5.75. The number of hydrogen-bond donors (Lipinski definition) is 1. The normalized spacial score (nSPS) is 19.2.